The van der Waals surface area contributed by atoms with Gasteiger partial charge in [0.25, 0.3) is 0 Å². The van der Waals surface area contributed by atoms with Crippen LogP contribution in [0.4, 0.5) is 0 Å². The van der Waals surface area contributed by atoms with Gasteiger partial charge < -0.3 is 11.1 Å². The number of primary amides is 1. The molecule has 96 valence electrons. The van der Waals surface area contributed by atoms with Crippen molar-refractivity contribution in [2.24, 2.45) is 5.73 Å². The average Bonchev–Trinajstić information content (AvgIpc) is 2.26. The van der Waals surface area contributed by atoms with Gasteiger partial charge in [0.05, 0.1) is 5.54 Å². The molecular weight excluding hydrogens is 220 g/mol. The monoisotopic (exact) mass is 246 g/mol. The summed E-state index contributed by atoms with van der Waals surface area (Å²) >= 11 is 1.91. The SMILES string of the molecule is CCCCSCCC(C)(NCCC)C(N)=O. The molecule has 16 heavy (non-hydrogen) atoms. The largest absolute Gasteiger partial charge is 0.368 e. The van der Waals surface area contributed by atoms with Gasteiger partial charge in [0, 0.05) is 0 Å². The Bertz CT molecular complexity index is 199. The van der Waals surface area contributed by atoms with Crippen LogP contribution in [0.1, 0.15) is 46.5 Å². The number of hydrogen-bond acceptors (Lipinski definition) is 3. The Morgan fingerprint density at radius 1 is 1.31 bits per heavy atom. The van der Waals surface area contributed by atoms with E-state index in [1.807, 2.05) is 18.7 Å². The van der Waals surface area contributed by atoms with Crippen LogP contribution >= 0.6 is 11.8 Å². The molecule has 0 aromatic rings. The first-order chi connectivity index (χ1) is 7.56. The van der Waals surface area contributed by atoms with Gasteiger partial charge in [-0.3, -0.25) is 4.79 Å². The molecule has 0 aliphatic carbocycles. The maximum atomic E-state index is 11.4. The van der Waals surface area contributed by atoms with Crippen molar-refractivity contribution in [3.8, 4) is 0 Å². The van der Waals surface area contributed by atoms with Crippen molar-refractivity contribution in [1.29, 1.82) is 0 Å². The molecule has 0 bridgehead atoms. The highest BCUT2D eigenvalue weighted by Crippen LogP contribution is 2.15. The van der Waals surface area contributed by atoms with Crippen molar-refractivity contribution in [2.75, 3.05) is 18.1 Å². The van der Waals surface area contributed by atoms with E-state index in [-0.39, 0.29) is 5.91 Å². The molecule has 0 aromatic heterocycles. The molecule has 0 fully saturated rings. The van der Waals surface area contributed by atoms with Crippen LogP contribution in [0, 0.1) is 0 Å². The molecule has 0 radical (unpaired) electrons. The van der Waals surface area contributed by atoms with E-state index >= 15 is 0 Å². The van der Waals surface area contributed by atoms with E-state index in [2.05, 4.69) is 19.2 Å². The second-order valence-corrected chi connectivity index (χ2v) is 5.56. The summed E-state index contributed by atoms with van der Waals surface area (Å²) in [5, 5.41) is 3.25. The fourth-order valence-corrected chi connectivity index (χ4v) is 2.57. The number of nitrogens with two attached hydrogens (primary N) is 1. The minimum absolute atomic E-state index is 0.239. The van der Waals surface area contributed by atoms with E-state index in [1.54, 1.807) is 0 Å². The maximum Gasteiger partial charge on any atom is 0.237 e. The molecule has 4 heteroatoms. The Morgan fingerprint density at radius 3 is 2.50 bits per heavy atom. The van der Waals surface area contributed by atoms with Gasteiger partial charge >= 0.3 is 0 Å². The third-order valence-corrected chi connectivity index (χ3v) is 3.77. The smallest absolute Gasteiger partial charge is 0.237 e. The van der Waals surface area contributed by atoms with Crippen LogP contribution in [0.5, 0.6) is 0 Å². The molecule has 1 unspecified atom stereocenters. The van der Waals surface area contributed by atoms with E-state index in [9.17, 15) is 4.79 Å². The van der Waals surface area contributed by atoms with E-state index in [0.717, 1.165) is 25.1 Å². The van der Waals surface area contributed by atoms with Gasteiger partial charge in [-0.15, -0.1) is 0 Å². The van der Waals surface area contributed by atoms with Crippen LogP contribution in [-0.2, 0) is 4.79 Å². The summed E-state index contributed by atoms with van der Waals surface area (Å²) in [5.74, 6) is 1.94. The van der Waals surface area contributed by atoms with Crippen LogP contribution in [0.2, 0.25) is 0 Å². The zero-order chi connectivity index (χ0) is 12.4. The molecule has 0 aromatic carbocycles. The Labute approximate surface area is 104 Å². The molecular formula is C12H26N2OS. The van der Waals surface area contributed by atoms with Crippen LogP contribution < -0.4 is 11.1 Å². The zero-order valence-electron chi connectivity index (χ0n) is 10.8. The Hall–Kier alpha value is -0.220. The minimum Gasteiger partial charge on any atom is -0.368 e. The quantitative estimate of drug-likeness (QED) is 0.581. The number of thioether (sulfide) groups is 1. The van der Waals surface area contributed by atoms with Gasteiger partial charge in [0.2, 0.25) is 5.91 Å². The standard InChI is InChI=1S/C12H26N2OS/c1-4-6-9-16-10-7-12(3,11(13)15)14-8-5-2/h14H,4-10H2,1-3H3,(H2,13,15). The third-order valence-electron chi connectivity index (χ3n) is 2.70. The maximum absolute atomic E-state index is 11.4. The molecule has 3 N–H and O–H groups in total. The normalized spacial score (nSPS) is 14.7. The Kier molecular flexibility index (Phi) is 8.76. The fraction of sp³-hybridized carbons (Fsp3) is 0.917. The van der Waals surface area contributed by atoms with Crippen molar-refractivity contribution in [3.05, 3.63) is 0 Å². The van der Waals surface area contributed by atoms with Gasteiger partial charge in [-0.05, 0) is 44.2 Å². The minimum atomic E-state index is -0.533. The number of unbranched alkanes of at least 4 members (excludes halogenated alkanes) is 1. The van der Waals surface area contributed by atoms with Crippen LogP contribution in [0.25, 0.3) is 0 Å². The van der Waals surface area contributed by atoms with Gasteiger partial charge in [0.1, 0.15) is 0 Å². The molecule has 0 aliphatic rings. The van der Waals surface area contributed by atoms with Crippen LogP contribution in [0.15, 0.2) is 0 Å². The van der Waals surface area contributed by atoms with Crippen LogP contribution in [-0.4, -0.2) is 29.5 Å². The number of carbonyl (C=O) groups excluding carboxylic acids is 1. The number of nitrogens with one attached hydrogen (secondary N) is 1. The van der Waals surface area contributed by atoms with Gasteiger partial charge in [-0.1, -0.05) is 20.3 Å². The number of amides is 1. The molecule has 3 nitrogen and oxygen atoms in total. The van der Waals surface area contributed by atoms with Gasteiger partial charge in [0.15, 0.2) is 0 Å². The second-order valence-electron chi connectivity index (χ2n) is 4.34. The summed E-state index contributed by atoms with van der Waals surface area (Å²) in [6.07, 6.45) is 4.32. The summed E-state index contributed by atoms with van der Waals surface area (Å²) in [6, 6.07) is 0. The van der Waals surface area contributed by atoms with E-state index < -0.39 is 5.54 Å². The summed E-state index contributed by atoms with van der Waals surface area (Å²) in [5.41, 5.74) is 4.91. The Balaban J connectivity index is 3.88. The molecule has 0 saturated heterocycles. The topological polar surface area (TPSA) is 55.1 Å². The molecule has 1 atom stereocenters. The lowest BCUT2D eigenvalue weighted by molar-refractivity contribution is -0.123. The highest BCUT2D eigenvalue weighted by Gasteiger charge is 2.29. The average molecular weight is 246 g/mol. The van der Waals surface area contributed by atoms with Gasteiger partial charge in [-0.25, -0.2) is 0 Å². The number of carbonyl (C=O) groups is 1. The molecule has 0 spiro atoms. The first-order valence-corrected chi connectivity index (χ1v) is 7.35. The van der Waals surface area contributed by atoms with Gasteiger partial charge in [-0.2, -0.15) is 11.8 Å². The summed E-state index contributed by atoms with van der Waals surface area (Å²) in [6.45, 7) is 7.03. The lowest BCUT2D eigenvalue weighted by Gasteiger charge is -2.27. The van der Waals surface area contributed by atoms with Crippen LogP contribution in [0.3, 0.4) is 0 Å². The molecule has 0 saturated carbocycles. The third kappa shape index (κ3) is 6.38. The van der Waals surface area contributed by atoms with Crippen molar-refractivity contribution in [1.82, 2.24) is 5.32 Å². The van der Waals surface area contributed by atoms with E-state index in [1.165, 1.54) is 18.6 Å². The lowest BCUT2D eigenvalue weighted by atomic mass is 9.98. The lowest BCUT2D eigenvalue weighted by Crippen LogP contribution is -2.53. The predicted molar refractivity (Wildman–Crippen MR) is 72.7 cm³/mol. The summed E-state index contributed by atoms with van der Waals surface area (Å²) in [7, 11) is 0. The second kappa shape index (κ2) is 8.88. The van der Waals surface area contributed by atoms with E-state index in [0.29, 0.717) is 0 Å². The van der Waals surface area contributed by atoms with Crippen molar-refractivity contribution < 1.29 is 4.79 Å². The van der Waals surface area contributed by atoms with Crippen molar-refractivity contribution in [3.63, 3.8) is 0 Å². The first-order valence-electron chi connectivity index (χ1n) is 6.19. The highest BCUT2D eigenvalue weighted by atomic mass is 32.2. The predicted octanol–water partition coefficient (Wildman–Crippen LogP) is 2.15. The number of hydrogen-bond donors (Lipinski definition) is 2. The molecule has 0 aliphatic heterocycles. The molecule has 1 amide bonds. The van der Waals surface area contributed by atoms with Crippen molar-refractivity contribution in [2.45, 2.75) is 52.0 Å². The van der Waals surface area contributed by atoms with E-state index in [4.69, 9.17) is 5.73 Å². The fourth-order valence-electron chi connectivity index (χ4n) is 1.32. The first kappa shape index (κ1) is 15.8. The number of rotatable bonds is 10. The molecule has 0 rings (SSSR count). The Morgan fingerprint density at radius 2 is 2.00 bits per heavy atom. The van der Waals surface area contributed by atoms with Crippen molar-refractivity contribution >= 4 is 17.7 Å². The summed E-state index contributed by atoms with van der Waals surface area (Å²) in [4.78, 5) is 11.4. The molecule has 0 heterocycles. The summed E-state index contributed by atoms with van der Waals surface area (Å²) < 4.78 is 0. The highest BCUT2D eigenvalue weighted by molar-refractivity contribution is 7.99. The zero-order valence-corrected chi connectivity index (χ0v) is 11.7.